The van der Waals surface area contributed by atoms with Crippen LogP contribution in [0.25, 0.3) is 6.08 Å². The van der Waals surface area contributed by atoms with Gasteiger partial charge in [0.15, 0.2) is 16.7 Å². The number of methoxy groups -OCH3 is 1. The molecule has 0 radical (unpaired) electrons. The maximum atomic E-state index is 12.9. The number of nitrogens with zero attached hydrogens (tertiary/aromatic N) is 2. The molecule has 5 nitrogen and oxygen atoms in total. The predicted octanol–water partition coefficient (Wildman–Crippen LogP) is 5.11. The molecule has 0 aromatic heterocycles. The molecule has 0 bridgehead atoms. The number of carbonyl (C=O) groups excluding carboxylic acids is 1. The van der Waals surface area contributed by atoms with Crippen molar-refractivity contribution in [1.82, 2.24) is 4.90 Å². The minimum absolute atomic E-state index is 0.0310. The molecular weight excluding hydrogens is 428 g/mol. The van der Waals surface area contributed by atoms with Crippen LogP contribution >= 0.6 is 27.7 Å². The van der Waals surface area contributed by atoms with E-state index in [1.165, 1.54) is 11.8 Å². The summed E-state index contributed by atoms with van der Waals surface area (Å²) in [6, 6.07) is 3.92. The van der Waals surface area contributed by atoms with Gasteiger partial charge in [-0.2, -0.15) is 0 Å². The van der Waals surface area contributed by atoms with Gasteiger partial charge in [-0.1, -0.05) is 12.7 Å². The van der Waals surface area contributed by atoms with Gasteiger partial charge in [-0.25, -0.2) is 0 Å². The normalized spacial score (nSPS) is 17.5. The monoisotopic (exact) mass is 452 g/mol. The number of benzene rings is 1. The minimum Gasteiger partial charge on any atom is -0.493 e. The van der Waals surface area contributed by atoms with Gasteiger partial charge in [-0.3, -0.25) is 14.7 Å². The average molecular weight is 453 g/mol. The number of amides is 1. The topological polar surface area (TPSA) is 51.1 Å². The maximum absolute atomic E-state index is 12.9. The lowest BCUT2D eigenvalue weighted by Crippen LogP contribution is -2.35. The third kappa shape index (κ3) is 5.17. The summed E-state index contributed by atoms with van der Waals surface area (Å²) in [7, 11) is 1.59. The Bertz CT molecular complexity index is 788. The first-order chi connectivity index (χ1) is 12.8. The van der Waals surface area contributed by atoms with Crippen molar-refractivity contribution in [3.05, 3.63) is 39.7 Å². The van der Waals surface area contributed by atoms with Crippen LogP contribution in [0, 0.1) is 0 Å². The molecule has 1 amide bonds. The number of rotatable bonds is 7. The summed E-state index contributed by atoms with van der Waals surface area (Å²) in [5.74, 6) is 1.16. The summed E-state index contributed by atoms with van der Waals surface area (Å²) in [6.07, 6.45) is 3.53. The average Bonchev–Trinajstić information content (AvgIpc) is 2.88. The molecule has 146 valence electrons. The van der Waals surface area contributed by atoms with E-state index in [9.17, 15) is 4.79 Å². The van der Waals surface area contributed by atoms with E-state index in [0.29, 0.717) is 23.0 Å². The third-order valence-electron chi connectivity index (χ3n) is 3.62. The van der Waals surface area contributed by atoms with Crippen molar-refractivity contribution in [2.45, 2.75) is 39.8 Å². The molecule has 27 heavy (non-hydrogen) atoms. The van der Waals surface area contributed by atoms with Crippen molar-refractivity contribution in [3.63, 3.8) is 0 Å². The highest BCUT2D eigenvalue weighted by Crippen LogP contribution is 2.39. The molecule has 2 rings (SSSR count). The van der Waals surface area contributed by atoms with Crippen LogP contribution in [0.3, 0.4) is 0 Å². The Kier molecular flexibility index (Phi) is 7.56. The Labute approximate surface area is 173 Å². The number of hydrogen-bond acceptors (Lipinski definition) is 5. The summed E-state index contributed by atoms with van der Waals surface area (Å²) in [5, 5.41) is 0.744. The van der Waals surface area contributed by atoms with Crippen LogP contribution in [0.5, 0.6) is 11.5 Å². The van der Waals surface area contributed by atoms with Crippen LogP contribution in [0.4, 0.5) is 0 Å². The molecule has 7 heteroatoms. The Morgan fingerprint density at radius 1 is 1.33 bits per heavy atom. The lowest BCUT2D eigenvalue weighted by atomic mass is 10.1. The quantitative estimate of drug-likeness (QED) is 0.425. The van der Waals surface area contributed by atoms with Crippen LogP contribution in [0.1, 0.15) is 33.3 Å². The number of aliphatic imine (C=N–C) groups is 1. The highest BCUT2D eigenvalue weighted by molar-refractivity contribution is 9.10. The molecule has 1 heterocycles. The smallest absolute Gasteiger partial charge is 0.266 e. The standard InChI is InChI=1S/C20H25BrN2O3S/c1-7-8-26-18-15(21)9-14(10-16(18)25-6)11-17-19(24)23(13(4)5)20(27-17)22-12(2)3/h7,9-13H,1,8H2,2-6H3/b17-11+,22-20?. The zero-order valence-corrected chi connectivity index (χ0v) is 18.7. The van der Waals surface area contributed by atoms with E-state index in [-0.39, 0.29) is 18.0 Å². The largest absolute Gasteiger partial charge is 0.493 e. The first-order valence-corrected chi connectivity index (χ1v) is 10.3. The van der Waals surface area contributed by atoms with Gasteiger partial charge >= 0.3 is 0 Å². The summed E-state index contributed by atoms with van der Waals surface area (Å²) in [5.41, 5.74) is 0.843. The van der Waals surface area contributed by atoms with E-state index >= 15 is 0 Å². The lowest BCUT2D eigenvalue weighted by molar-refractivity contribution is -0.123. The first-order valence-electron chi connectivity index (χ1n) is 8.70. The molecule has 0 aliphatic carbocycles. The van der Waals surface area contributed by atoms with Gasteiger partial charge in [0.2, 0.25) is 0 Å². The van der Waals surface area contributed by atoms with Gasteiger partial charge < -0.3 is 9.47 Å². The highest BCUT2D eigenvalue weighted by Gasteiger charge is 2.35. The minimum atomic E-state index is -0.0310. The molecule has 0 atom stereocenters. The van der Waals surface area contributed by atoms with Crippen molar-refractivity contribution in [2.75, 3.05) is 13.7 Å². The molecule has 1 saturated heterocycles. The van der Waals surface area contributed by atoms with E-state index in [1.54, 1.807) is 18.1 Å². The Hall–Kier alpha value is -1.73. The van der Waals surface area contributed by atoms with E-state index in [1.807, 2.05) is 45.9 Å². The zero-order valence-electron chi connectivity index (χ0n) is 16.3. The van der Waals surface area contributed by atoms with Crippen molar-refractivity contribution >= 4 is 44.8 Å². The fourth-order valence-corrected chi connectivity index (χ4v) is 4.32. The van der Waals surface area contributed by atoms with Gasteiger partial charge in [0.1, 0.15) is 6.61 Å². The van der Waals surface area contributed by atoms with Crippen LogP contribution in [-0.2, 0) is 4.79 Å². The van der Waals surface area contributed by atoms with Crippen LogP contribution in [0.15, 0.2) is 39.2 Å². The van der Waals surface area contributed by atoms with Gasteiger partial charge in [-0.05, 0) is 79.2 Å². The molecule has 1 aromatic carbocycles. The molecule has 0 unspecified atom stereocenters. The van der Waals surface area contributed by atoms with E-state index in [4.69, 9.17) is 9.47 Å². The third-order valence-corrected chi connectivity index (χ3v) is 5.20. The summed E-state index contributed by atoms with van der Waals surface area (Å²) in [4.78, 5) is 19.8. The molecule has 0 saturated carbocycles. The van der Waals surface area contributed by atoms with E-state index < -0.39 is 0 Å². The summed E-state index contributed by atoms with van der Waals surface area (Å²) < 4.78 is 11.8. The number of thioether (sulfide) groups is 1. The zero-order chi connectivity index (χ0) is 20.1. The molecular formula is C20H25BrN2O3S. The van der Waals surface area contributed by atoms with Gasteiger partial charge in [0.25, 0.3) is 5.91 Å². The molecule has 1 aliphatic heterocycles. The van der Waals surface area contributed by atoms with E-state index in [0.717, 1.165) is 15.2 Å². The van der Waals surface area contributed by atoms with Crippen LogP contribution < -0.4 is 9.47 Å². The highest BCUT2D eigenvalue weighted by atomic mass is 79.9. The molecule has 0 N–H and O–H groups in total. The van der Waals surface area contributed by atoms with Gasteiger partial charge in [-0.15, -0.1) is 0 Å². The van der Waals surface area contributed by atoms with E-state index in [2.05, 4.69) is 27.5 Å². The predicted molar refractivity (Wildman–Crippen MR) is 117 cm³/mol. The number of halogens is 1. The lowest BCUT2D eigenvalue weighted by Gasteiger charge is -2.20. The van der Waals surface area contributed by atoms with Gasteiger partial charge in [0.05, 0.1) is 16.5 Å². The number of amidine groups is 1. The fraction of sp³-hybridized carbons (Fsp3) is 0.400. The summed E-state index contributed by atoms with van der Waals surface area (Å²) in [6.45, 7) is 12.0. The van der Waals surface area contributed by atoms with Crippen LogP contribution in [-0.4, -0.2) is 41.8 Å². The SMILES string of the molecule is C=CCOc1c(Br)cc(/C=C2/SC(=NC(C)C)N(C(C)C)C2=O)cc1OC. The Morgan fingerprint density at radius 3 is 2.59 bits per heavy atom. The summed E-state index contributed by atoms with van der Waals surface area (Å²) >= 11 is 4.92. The Balaban J connectivity index is 2.42. The molecule has 1 aromatic rings. The van der Waals surface area contributed by atoms with Crippen molar-refractivity contribution in [3.8, 4) is 11.5 Å². The molecule has 0 spiro atoms. The molecule has 1 fully saturated rings. The maximum Gasteiger partial charge on any atom is 0.266 e. The van der Waals surface area contributed by atoms with Crippen molar-refractivity contribution in [1.29, 1.82) is 0 Å². The number of hydrogen-bond donors (Lipinski definition) is 0. The number of carbonyl (C=O) groups is 1. The first kappa shape index (κ1) is 21.6. The second-order valence-corrected chi connectivity index (χ2v) is 8.38. The number of ether oxygens (including phenoxy) is 2. The fourth-order valence-electron chi connectivity index (χ4n) is 2.51. The molecule has 1 aliphatic rings. The Morgan fingerprint density at radius 2 is 2.04 bits per heavy atom. The van der Waals surface area contributed by atoms with Crippen molar-refractivity contribution in [2.24, 2.45) is 4.99 Å². The van der Waals surface area contributed by atoms with Crippen LogP contribution in [0.2, 0.25) is 0 Å². The second kappa shape index (κ2) is 9.46. The van der Waals surface area contributed by atoms with Crippen molar-refractivity contribution < 1.29 is 14.3 Å². The van der Waals surface area contributed by atoms with Gasteiger partial charge in [0, 0.05) is 12.1 Å². The second-order valence-electron chi connectivity index (χ2n) is 6.52.